The zero-order valence-corrected chi connectivity index (χ0v) is 10.5. The molecule has 0 spiro atoms. The van der Waals surface area contributed by atoms with Gasteiger partial charge in [-0.1, -0.05) is 23.2 Å². The Morgan fingerprint density at radius 3 is 2.56 bits per heavy atom. The minimum atomic E-state index is -1.80. The molecule has 4 nitrogen and oxygen atoms in total. The monoisotopic (exact) mass is 279 g/mol. The Balaban J connectivity index is 2.41. The Bertz CT molecular complexity index is 480. The average Bonchev–Trinajstić information content (AvgIpc) is 2.47. The van der Waals surface area contributed by atoms with Crippen molar-refractivity contribution < 1.29 is 13.2 Å². The summed E-state index contributed by atoms with van der Waals surface area (Å²) in [7, 11) is 0. The number of hydrogen-bond acceptors (Lipinski definition) is 3. The summed E-state index contributed by atoms with van der Waals surface area (Å²) in [4.78, 5) is 11.6. The van der Waals surface area contributed by atoms with Crippen molar-refractivity contribution in [1.82, 2.24) is 0 Å². The lowest BCUT2D eigenvalue weighted by atomic mass is 10.3. The Kier molecular flexibility index (Phi) is 3.21. The molecule has 0 N–H and O–H groups in total. The summed E-state index contributed by atoms with van der Waals surface area (Å²) in [6.07, 6.45) is -0.713. The van der Waals surface area contributed by atoms with Gasteiger partial charge < -0.3 is 0 Å². The van der Waals surface area contributed by atoms with Gasteiger partial charge in [-0.25, -0.2) is 8.51 Å². The van der Waals surface area contributed by atoms with E-state index in [1.165, 1.54) is 19.1 Å². The van der Waals surface area contributed by atoms with Crippen LogP contribution in [0.25, 0.3) is 0 Å². The number of carbonyl (C=O) groups excluding carboxylic acids is 1. The van der Waals surface area contributed by atoms with Crippen LogP contribution in [0.15, 0.2) is 18.2 Å². The first kappa shape index (κ1) is 11.9. The van der Waals surface area contributed by atoms with E-state index in [0.29, 0.717) is 15.7 Å². The molecule has 2 atom stereocenters. The molecule has 1 aromatic carbocycles. The molecule has 1 heterocycles. The number of hydrogen-bond donors (Lipinski definition) is 0. The van der Waals surface area contributed by atoms with Crippen LogP contribution < -0.4 is 4.31 Å². The molecule has 1 amide bonds. The second kappa shape index (κ2) is 4.33. The SMILES string of the molecule is CC1OS(=O)N(c2ccc(Cl)c(Cl)c2)C1=O. The normalized spacial score (nSPS) is 25.2. The van der Waals surface area contributed by atoms with Crippen molar-refractivity contribution in [2.75, 3.05) is 4.31 Å². The standard InChI is InChI=1S/C9H7Cl2NO3S/c1-5-9(13)12(16(14)15-5)6-2-3-7(10)8(11)4-6/h2-5H,1H3. The maximum atomic E-state index is 11.6. The summed E-state index contributed by atoms with van der Waals surface area (Å²) in [6, 6.07) is 4.57. The van der Waals surface area contributed by atoms with E-state index < -0.39 is 17.4 Å². The number of anilines is 1. The topological polar surface area (TPSA) is 46.6 Å². The van der Waals surface area contributed by atoms with Gasteiger partial charge in [0.05, 0.1) is 15.7 Å². The fourth-order valence-corrected chi connectivity index (χ4v) is 2.56. The van der Waals surface area contributed by atoms with Crippen molar-refractivity contribution in [2.45, 2.75) is 13.0 Å². The molecular weight excluding hydrogens is 273 g/mol. The summed E-state index contributed by atoms with van der Waals surface area (Å²) < 4.78 is 17.4. The van der Waals surface area contributed by atoms with E-state index in [1.807, 2.05) is 0 Å². The summed E-state index contributed by atoms with van der Waals surface area (Å²) in [5, 5.41) is 0.667. The molecule has 0 bridgehead atoms. The molecule has 2 rings (SSSR count). The first-order valence-electron chi connectivity index (χ1n) is 4.38. The zero-order valence-electron chi connectivity index (χ0n) is 8.15. The van der Waals surface area contributed by atoms with Crippen LogP contribution in [0.5, 0.6) is 0 Å². The van der Waals surface area contributed by atoms with Crippen LogP contribution in [0.1, 0.15) is 6.92 Å². The maximum absolute atomic E-state index is 11.6. The van der Waals surface area contributed by atoms with E-state index in [2.05, 4.69) is 0 Å². The smallest absolute Gasteiger partial charge is 0.270 e. The van der Waals surface area contributed by atoms with Gasteiger partial charge in [0.2, 0.25) is 0 Å². The van der Waals surface area contributed by atoms with Gasteiger partial charge in [-0.15, -0.1) is 0 Å². The lowest BCUT2D eigenvalue weighted by Crippen LogP contribution is -2.28. The second-order valence-corrected chi connectivity index (χ2v) is 4.99. The zero-order chi connectivity index (χ0) is 11.9. The summed E-state index contributed by atoms with van der Waals surface area (Å²) in [5.41, 5.74) is 0.405. The molecule has 0 saturated carbocycles. The summed E-state index contributed by atoms with van der Waals surface area (Å²) in [6.45, 7) is 1.54. The van der Waals surface area contributed by atoms with Crippen LogP contribution in [-0.2, 0) is 20.2 Å². The molecule has 2 unspecified atom stereocenters. The van der Waals surface area contributed by atoms with E-state index in [1.54, 1.807) is 6.07 Å². The van der Waals surface area contributed by atoms with Gasteiger partial charge in [0.15, 0.2) is 6.10 Å². The Morgan fingerprint density at radius 1 is 1.38 bits per heavy atom. The highest BCUT2D eigenvalue weighted by Gasteiger charge is 2.37. The third-order valence-electron chi connectivity index (χ3n) is 2.06. The van der Waals surface area contributed by atoms with Crippen molar-refractivity contribution in [1.29, 1.82) is 0 Å². The molecule has 0 radical (unpaired) electrons. The van der Waals surface area contributed by atoms with Crippen molar-refractivity contribution in [3.05, 3.63) is 28.2 Å². The number of halogens is 2. The van der Waals surface area contributed by atoms with Gasteiger partial charge in [-0.05, 0) is 25.1 Å². The third kappa shape index (κ3) is 1.96. The molecule has 1 aliphatic heterocycles. The molecule has 16 heavy (non-hydrogen) atoms. The van der Waals surface area contributed by atoms with Crippen LogP contribution in [0.4, 0.5) is 5.69 Å². The van der Waals surface area contributed by atoms with E-state index in [-0.39, 0.29) is 5.91 Å². The molecule has 1 aliphatic rings. The number of amides is 1. The van der Waals surface area contributed by atoms with E-state index in [4.69, 9.17) is 27.4 Å². The molecular formula is C9H7Cl2NO3S. The fraction of sp³-hybridized carbons (Fsp3) is 0.222. The lowest BCUT2D eigenvalue weighted by molar-refractivity contribution is -0.121. The largest absolute Gasteiger partial charge is 0.272 e. The quantitative estimate of drug-likeness (QED) is 0.793. The number of rotatable bonds is 1. The first-order valence-corrected chi connectivity index (χ1v) is 6.17. The summed E-state index contributed by atoms with van der Waals surface area (Å²) >= 11 is 9.76. The minimum absolute atomic E-state index is 0.295. The van der Waals surface area contributed by atoms with Crippen LogP contribution >= 0.6 is 23.2 Å². The van der Waals surface area contributed by atoms with Gasteiger partial charge in [-0.2, -0.15) is 0 Å². The molecule has 0 aromatic heterocycles. The van der Waals surface area contributed by atoms with Crippen LogP contribution in [0.3, 0.4) is 0 Å². The second-order valence-electron chi connectivity index (χ2n) is 3.19. The van der Waals surface area contributed by atoms with Gasteiger partial charge in [-0.3, -0.25) is 8.98 Å². The number of carbonyl (C=O) groups is 1. The van der Waals surface area contributed by atoms with Crippen molar-refractivity contribution in [3.63, 3.8) is 0 Å². The molecule has 0 aliphatic carbocycles. The van der Waals surface area contributed by atoms with E-state index in [9.17, 15) is 9.00 Å². The summed E-state index contributed by atoms with van der Waals surface area (Å²) in [5.74, 6) is -0.364. The number of nitrogens with zero attached hydrogens (tertiary/aromatic N) is 1. The highest BCUT2D eigenvalue weighted by Crippen LogP contribution is 2.30. The Morgan fingerprint density at radius 2 is 2.06 bits per heavy atom. The van der Waals surface area contributed by atoms with Crippen LogP contribution in [0.2, 0.25) is 10.0 Å². The maximum Gasteiger partial charge on any atom is 0.272 e. The molecule has 1 fully saturated rings. The van der Waals surface area contributed by atoms with Gasteiger partial charge >= 0.3 is 0 Å². The highest BCUT2D eigenvalue weighted by molar-refractivity contribution is 7.83. The molecule has 7 heteroatoms. The highest BCUT2D eigenvalue weighted by atomic mass is 35.5. The van der Waals surface area contributed by atoms with Crippen molar-refractivity contribution in [2.24, 2.45) is 0 Å². The van der Waals surface area contributed by atoms with Gasteiger partial charge in [0.25, 0.3) is 17.2 Å². The van der Waals surface area contributed by atoms with Crippen molar-refractivity contribution in [3.8, 4) is 0 Å². The lowest BCUT2D eigenvalue weighted by Gasteiger charge is -2.12. The first-order chi connectivity index (χ1) is 7.50. The van der Waals surface area contributed by atoms with Crippen LogP contribution in [-0.4, -0.2) is 16.2 Å². The molecule has 1 aromatic rings. The minimum Gasteiger partial charge on any atom is -0.270 e. The van der Waals surface area contributed by atoms with Gasteiger partial charge in [0.1, 0.15) is 0 Å². The average molecular weight is 280 g/mol. The molecule has 86 valence electrons. The van der Waals surface area contributed by atoms with Crippen LogP contribution in [0, 0.1) is 0 Å². The predicted molar refractivity (Wildman–Crippen MR) is 62.6 cm³/mol. The van der Waals surface area contributed by atoms with Gasteiger partial charge in [0, 0.05) is 0 Å². The third-order valence-corrected chi connectivity index (χ3v) is 3.94. The van der Waals surface area contributed by atoms with Crippen molar-refractivity contribution >= 4 is 46.1 Å². The fourth-order valence-electron chi connectivity index (χ4n) is 1.27. The Labute approximate surface area is 105 Å². The molecule has 1 saturated heterocycles. The Hall–Kier alpha value is -0.620. The van der Waals surface area contributed by atoms with E-state index in [0.717, 1.165) is 4.31 Å². The predicted octanol–water partition coefficient (Wildman–Crippen LogP) is 2.32. The van der Waals surface area contributed by atoms with E-state index >= 15 is 0 Å². The number of benzene rings is 1.